The van der Waals surface area contributed by atoms with Crippen LogP contribution in [0.5, 0.6) is 0 Å². The Morgan fingerprint density at radius 1 is 1.05 bits per heavy atom. The van der Waals surface area contributed by atoms with Gasteiger partial charge in [-0.1, -0.05) is 18.2 Å². The van der Waals surface area contributed by atoms with Crippen molar-refractivity contribution in [3.8, 4) is 0 Å². The number of likely N-dealkylation sites (tertiary alicyclic amines) is 1. The van der Waals surface area contributed by atoms with E-state index in [9.17, 15) is 9.59 Å². The zero-order valence-corrected chi connectivity index (χ0v) is 13.1. The summed E-state index contributed by atoms with van der Waals surface area (Å²) in [5.41, 5.74) is -0.218. The smallest absolute Gasteiger partial charge is 0.241 e. The number of carbonyl (C=O) groups is 2. The first-order valence-corrected chi connectivity index (χ1v) is 7.57. The molecule has 0 radical (unpaired) electrons. The Balaban J connectivity index is 2.14. The highest BCUT2D eigenvalue weighted by molar-refractivity contribution is 6.10. The van der Waals surface area contributed by atoms with Gasteiger partial charge in [-0.3, -0.25) is 9.59 Å². The van der Waals surface area contributed by atoms with Crippen molar-refractivity contribution >= 4 is 17.5 Å². The Bertz CT molecular complexity index is 505. The predicted octanol–water partition coefficient (Wildman–Crippen LogP) is 2.69. The van der Waals surface area contributed by atoms with Crippen molar-refractivity contribution in [2.45, 2.75) is 33.1 Å². The second kappa shape index (κ2) is 6.29. The summed E-state index contributed by atoms with van der Waals surface area (Å²) >= 11 is 0. The Hall–Kier alpha value is -1.84. The van der Waals surface area contributed by atoms with Crippen molar-refractivity contribution in [1.82, 2.24) is 4.90 Å². The second-order valence-electron chi connectivity index (χ2n) is 6.18. The van der Waals surface area contributed by atoms with Gasteiger partial charge in [0.1, 0.15) is 5.41 Å². The Morgan fingerprint density at radius 3 is 2.19 bits per heavy atom. The minimum absolute atomic E-state index is 0.0602. The van der Waals surface area contributed by atoms with Gasteiger partial charge in [-0.05, 0) is 45.2 Å². The van der Waals surface area contributed by atoms with E-state index in [-0.39, 0.29) is 11.8 Å². The zero-order chi connectivity index (χ0) is 15.5. The molecule has 1 fully saturated rings. The van der Waals surface area contributed by atoms with E-state index in [1.165, 1.54) is 6.42 Å². The number of rotatable bonds is 3. The summed E-state index contributed by atoms with van der Waals surface area (Å²) in [6.07, 6.45) is 3.23. The lowest BCUT2D eigenvalue weighted by Gasteiger charge is -2.35. The molecule has 0 unspecified atom stereocenters. The average Bonchev–Trinajstić information content (AvgIpc) is 2.54. The van der Waals surface area contributed by atoms with Gasteiger partial charge in [-0.25, -0.2) is 0 Å². The Morgan fingerprint density at radius 2 is 1.62 bits per heavy atom. The summed E-state index contributed by atoms with van der Waals surface area (Å²) in [4.78, 5) is 28.8. The molecule has 21 heavy (non-hydrogen) atoms. The molecule has 1 heterocycles. The van der Waals surface area contributed by atoms with Crippen LogP contribution in [0.2, 0.25) is 0 Å². The molecule has 4 nitrogen and oxygen atoms in total. The van der Waals surface area contributed by atoms with Gasteiger partial charge in [0.15, 0.2) is 0 Å². The van der Waals surface area contributed by atoms with Crippen molar-refractivity contribution in [3.63, 3.8) is 0 Å². The van der Waals surface area contributed by atoms with Gasteiger partial charge in [0, 0.05) is 25.8 Å². The summed E-state index contributed by atoms with van der Waals surface area (Å²) in [7, 11) is 1.73. The topological polar surface area (TPSA) is 40.6 Å². The minimum atomic E-state index is -1.03. The number of nitrogens with zero attached hydrogens (tertiary/aromatic N) is 2. The van der Waals surface area contributed by atoms with Crippen LogP contribution in [0.25, 0.3) is 0 Å². The van der Waals surface area contributed by atoms with Crippen LogP contribution in [0.3, 0.4) is 0 Å². The first-order chi connectivity index (χ1) is 9.94. The molecule has 0 aliphatic carbocycles. The molecule has 1 aromatic carbocycles. The lowest BCUT2D eigenvalue weighted by Crippen LogP contribution is -2.51. The zero-order valence-electron chi connectivity index (χ0n) is 13.1. The van der Waals surface area contributed by atoms with E-state index in [1.807, 2.05) is 35.2 Å². The van der Waals surface area contributed by atoms with Crippen molar-refractivity contribution in [3.05, 3.63) is 30.3 Å². The molecule has 0 bridgehead atoms. The maximum atomic E-state index is 12.7. The maximum Gasteiger partial charge on any atom is 0.241 e. The van der Waals surface area contributed by atoms with E-state index in [0.717, 1.165) is 31.6 Å². The Labute approximate surface area is 126 Å². The van der Waals surface area contributed by atoms with E-state index in [0.29, 0.717) is 0 Å². The molecule has 0 N–H and O–H groups in total. The summed E-state index contributed by atoms with van der Waals surface area (Å²) < 4.78 is 0. The number of hydrogen-bond acceptors (Lipinski definition) is 2. The van der Waals surface area contributed by atoms with E-state index in [4.69, 9.17) is 0 Å². The third-order valence-corrected chi connectivity index (χ3v) is 4.16. The third-order valence-electron chi connectivity index (χ3n) is 4.16. The van der Waals surface area contributed by atoms with Crippen LogP contribution >= 0.6 is 0 Å². The van der Waals surface area contributed by atoms with Gasteiger partial charge in [-0.15, -0.1) is 0 Å². The quantitative estimate of drug-likeness (QED) is 0.802. The summed E-state index contributed by atoms with van der Waals surface area (Å²) in [6.45, 7) is 4.99. The molecule has 1 aliphatic heterocycles. The average molecular weight is 288 g/mol. The predicted molar refractivity (Wildman–Crippen MR) is 84.1 cm³/mol. The molecule has 1 saturated heterocycles. The van der Waals surface area contributed by atoms with Crippen LogP contribution in [0.15, 0.2) is 30.3 Å². The highest BCUT2D eigenvalue weighted by Crippen LogP contribution is 2.26. The molecule has 1 aliphatic rings. The van der Waals surface area contributed by atoms with E-state index >= 15 is 0 Å². The number of benzene rings is 1. The number of piperidine rings is 1. The van der Waals surface area contributed by atoms with Gasteiger partial charge < -0.3 is 9.80 Å². The highest BCUT2D eigenvalue weighted by atomic mass is 16.2. The largest absolute Gasteiger partial charge is 0.342 e. The van der Waals surface area contributed by atoms with E-state index in [2.05, 4.69) is 0 Å². The number of carbonyl (C=O) groups excluding carboxylic acids is 2. The normalized spacial score (nSPS) is 15.7. The third kappa shape index (κ3) is 3.26. The number of anilines is 1. The lowest BCUT2D eigenvalue weighted by atomic mass is 9.88. The molecular weight excluding hydrogens is 264 g/mol. The number of hydrogen-bond donors (Lipinski definition) is 0. The number of amides is 2. The molecule has 0 spiro atoms. The molecule has 114 valence electrons. The van der Waals surface area contributed by atoms with Gasteiger partial charge >= 0.3 is 0 Å². The molecule has 0 saturated carbocycles. The minimum Gasteiger partial charge on any atom is -0.342 e. The molecule has 4 heteroatoms. The first-order valence-electron chi connectivity index (χ1n) is 7.57. The van der Waals surface area contributed by atoms with Gasteiger partial charge in [0.05, 0.1) is 0 Å². The fourth-order valence-electron chi connectivity index (χ4n) is 2.77. The summed E-state index contributed by atoms with van der Waals surface area (Å²) in [5, 5.41) is 0. The van der Waals surface area contributed by atoms with Crippen LogP contribution in [0.4, 0.5) is 5.69 Å². The van der Waals surface area contributed by atoms with Gasteiger partial charge in [0.2, 0.25) is 11.8 Å². The summed E-state index contributed by atoms with van der Waals surface area (Å²) in [5.74, 6) is -0.223. The Kier molecular flexibility index (Phi) is 4.66. The molecule has 2 amide bonds. The van der Waals surface area contributed by atoms with Crippen LogP contribution < -0.4 is 4.90 Å². The molecule has 0 aromatic heterocycles. The molecule has 0 atom stereocenters. The van der Waals surface area contributed by atoms with Crippen molar-refractivity contribution in [1.29, 1.82) is 0 Å². The van der Waals surface area contributed by atoms with E-state index < -0.39 is 5.41 Å². The van der Waals surface area contributed by atoms with Crippen molar-refractivity contribution in [2.75, 3.05) is 25.0 Å². The number of para-hydroxylation sites is 1. The maximum absolute atomic E-state index is 12.7. The van der Waals surface area contributed by atoms with Crippen LogP contribution in [-0.4, -0.2) is 36.9 Å². The van der Waals surface area contributed by atoms with Crippen molar-refractivity contribution in [2.24, 2.45) is 5.41 Å². The monoisotopic (exact) mass is 288 g/mol. The fraction of sp³-hybridized carbons (Fsp3) is 0.529. The first kappa shape index (κ1) is 15.5. The molecular formula is C17H24N2O2. The van der Waals surface area contributed by atoms with Crippen LogP contribution in [-0.2, 0) is 9.59 Å². The second-order valence-corrected chi connectivity index (χ2v) is 6.18. The van der Waals surface area contributed by atoms with Crippen LogP contribution in [0.1, 0.15) is 33.1 Å². The van der Waals surface area contributed by atoms with Gasteiger partial charge in [0.25, 0.3) is 0 Å². The van der Waals surface area contributed by atoms with Crippen LogP contribution in [0, 0.1) is 5.41 Å². The van der Waals surface area contributed by atoms with Gasteiger partial charge in [-0.2, -0.15) is 0 Å². The van der Waals surface area contributed by atoms with Crippen molar-refractivity contribution < 1.29 is 9.59 Å². The summed E-state index contributed by atoms with van der Waals surface area (Å²) in [6, 6.07) is 9.43. The standard InChI is InChI=1S/C17H24N2O2/c1-17(2,16(21)19-12-8-5-9-13-19)15(20)18(3)14-10-6-4-7-11-14/h4,6-7,10-11H,5,8-9,12-13H2,1-3H3. The van der Waals surface area contributed by atoms with E-state index in [1.54, 1.807) is 25.8 Å². The lowest BCUT2D eigenvalue weighted by molar-refractivity contribution is -0.148. The molecule has 2 rings (SSSR count). The fourth-order valence-corrected chi connectivity index (χ4v) is 2.77. The molecule has 1 aromatic rings. The SMILES string of the molecule is CN(C(=O)C(C)(C)C(=O)N1CCCCC1)c1ccccc1. The highest BCUT2D eigenvalue weighted by Gasteiger charge is 2.41.